The summed E-state index contributed by atoms with van der Waals surface area (Å²) in [6.07, 6.45) is 0.0828. The Balaban J connectivity index is 2.09. The van der Waals surface area contributed by atoms with Crippen molar-refractivity contribution in [2.75, 3.05) is 5.32 Å². The van der Waals surface area contributed by atoms with E-state index in [4.69, 9.17) is 16.3 Å². The van der Waals surface area contributed by atoms with Crippen molar-refractivity contribution in [1.29, 1.82) is 0 Å². The smallest absolute Gasteiger partial charge is 0.138 e. The van der Waals surface area contributed by atoms with Gasteiger partial charge in [-0.3, -0.25) is 0 Å². The van der Waals surface area contributed by atoms with E-state index in [2.05, 4.69) is 5.32 Å². The maximum Gasteiger partial charge on any atom is 0.138 e. The third-order valence-corrected chi connectivity index (χ3v) is 3.34. The van der Waals surface area contributed by atoms with Crippen LogP contribution < -0.4 is 10.1 Å². The van der Waals surface area contributed by atoms with E-state index in [0.29, 0.717) is 10.8 Å². The number of rotatable bonds is 5. The molecule has 0 radical (unpaired) electrons. The molecule has 0 spiro atoms. The normalized spacial score (nSPS) is 12.3. The van der Waals surface area contributed by atoms with Crippen molar-refractivity contribution >= 4 is 17.3 Å². The highest BCUT2D eigenvalue weighted by Gasteiger charge is 2.08. The highest BCUT2D eigenvalue weighted by atomic mass is 35.5. The molecule has 1 unspecified atom stereocenters. The fourth-order valence-electron chi connectivity index (χ4n) is 2.02. The van der Waals surface area contributed by atoms with E-state index in [9.17, 15) is 4.39 Å². The Kier molecular flexibility index (Phi) is 5.07. The van der Waals surface area contributed by atoms with Crippen molar-refractivity contribution < 1.29 is 9.13 Å². The molecular formula is C17H19ClFNO. The predicted octanol–water partition coefficient (Wildman–Crippen LogP) is 5.44. The molecule has 0 aromatic heterocycles. The minimum Gasteiger partial charge on any atom is -0.489 e. The first-order valence-corrected chi connectivity index (χ1v) is 7.31. The number of ether oxygens (including phenoxy) is 1. The van der Waals surface area contributed by atoms with E-state index in [1.54, 1.807) is 12.1 Å². The summed E-state index contributed by atoms with van der Waals surface area (Å²) in [7, 11) is 0. The molecule has 112 valence electrons. The van der Waals surface area contributed by atoms with Gasteiger partial charge in [-0.15, -0.1) is 0 Å². The van der Waals surface area contributed by atoms with E-state index < -0.39 is 0 Å². The van der Waals surface area contributed by atoms with Gasteiger partial charge in [-0.2, -0.15) is 0 Å². The van der Waals surface area contributed by atoms with Crippen molar-refractivity contribution in [2.45, 2.75) is 32.9 Å². The highest BCUT2D eigenvalue weighted by Crippen LogP contribution is 2.30. The van der Waals surface area contributed by atoms with Crippen LogP contribution in [-0.4, -0.2) is 6.10 Å². The van der Waals surface area contributed by atoms with Gasteiger partial charge in [0.2, 0.25) is 0 Å². The van der Waals surface area contributed by atoms with Gasteiger partial charge in [0, 0.05) is 11.7 Å². The van der Waals surface area contributed by atoms with Crippen molar-refractivity contribution in [3.05, 3.63) is 58.9 Å². The summed E-state index contributed by atoms with van der Waals surface area (Å²) in [5.74, 6) is 0.441. The molecule has 1 atom stereocenters. The van der Waals surface area contributed by atoms with Crippen molar-refractivity contribution in [3.63, 3.8) is 0 Å². The molecule has 1 N–H and O–H groups in total. The van der Waals surface area contributed by atoms with Gasteiger partial charge in [-0.25, -0.2) is 4.39 Å². The summed E-state index contributed by atoms with van der Waals surface area (Å²) >= 11 is 6.21. The van der Waals surface area contributed by atoms with Gasteiger partial charge in [-0.1, -0.05) is 23.7 Å². The van der Waals surface area contributed by atoms with Crippen LogP contribution in [0.2, 0.25) is 5.02 Å². The number of benzene rings is 2. The lowest BCUT2D eigenvalue weighted by Crippen LogP contribution is -2.08. The molecule has 0 aliphatic heterocycles. The molecule has 0 fully saturated rings. The van der Waals surface area contributed by atoms with Gasteiger partial charge in [0.1, 0.15) is 11.6 Å². The van der Waals surface area contributed by atoms with Crippen LogP contribution in [0.15, 0.2) is 42.5 Å². The molecule has 2 nitrogen and oxygen atoms in total. The quantitative estimate of drug-likeness (QED) is 0.794. The predicted molar refractivity (Wildman–Crippen MR) is 85.7 cm³/mol. The summed E-state index contributed by atoms with van der Waals surface area (Å²) in [4.78, 5) is 0. The van der Waals surface area contributed by atoms with Crippen molar-refractivity contribution in [3.8, 4) is 5.75 Å². The summed E-state index contributed by atoms with van der Waals surface area (Å²) in [5.41, 5.74) is 1.91. The van der Waals surface area contributed by atoms with Gasteiger partial charge < -0.3 is 10.1 Å². The molecule has 0 heterocycles. The van der Waals surface area contributed by atoms with E-state index in [0.717, 1.165) is 11.3 Å². The Bertz CT molecular complexity index is 598. The lowest BCUT2D eigenvalue weighted by molar-refractivity contribution is 0.242. The fourth-order valence-corrected chi connectivity index (χ4v) is 2.25. The zero-order valence-corrected chi connectivity index (χ0v) is 13.1. The van der Waals surface area contributed by atoms with Crippen LogP contribution in [0, 0.1) is 5.82 Å². The van der Waals surface area contributed by atoms with Crippen LogP contribution in [0.4, 0.5) is 10.1 Å². The Morgan fingerprint density at radius 2 is 1.71 bits per heavy atom. The number of anilines is 1. The molecule has 0 saturated carbocycles. The van der Waals surface area contributed by atoms with Gasteiger partial charge >= 0.3 is 0 Å². The van der Waals surface area contributed by atoms with E-state index in [1.807, 2.05) is 39.0 Å². The van der Waals surface area contributed by atoms with Crippen LogP contribution in [0.1, 0.15) is 32.4 Å². The van der Waals surface area contributed by atoms with Crippen LogP contribution in [0.3, 0.4) is 0 Å². The zero-order chi connectivity index (χ0) is 15.4. The van der Waals surface area contributed by atoms with Gasteiger partial charge in [0.25, 0.3) is 0 Å². The average Bonchev–Trinajstić information content (AvgIpc) is 2.42. The first-order valence-electron chi connectivity index (χ1n) is 6.94. The first kappa shape index (κ1) is 15.6. The Morgan fingerprint density at radius 3 is 2.29 bits per heavy atom. The highest BCUT2D eigenvalue weighted by molar-refractivity contribution is 6.32. The molecule has 0 aliphatic rings. The second-order valence-corrected chi connectivity index (χ2v) is 5.64. The molecular weight excluding hydrogens is 289 g/mol. The molecule has 2 aromatic rings. The molecule has 2 rings (SSSR count). The number of hydrogen-bond acceptors (Lipinski definition) is 2. The Hall–Kier alpha value is -1.74. The van der Waals surface area contributed by atoms with Gasteiger partial charge in [0.05, 0.1) is 11.1 Å². The fraction of sp³-hybridized carbons (Fsp3) is 0.294. The summed E-state index contributed by atoms with van der Waals surface area (Å²) in [6.45, 7) is 5.93. The number of hydrogen-bond donors (Lipinski definition) is 1. The number of halogens is 2. The summed E-state index contributed by atoms with van der Waals surface area (Å²) < 4.78 is 18.5. The third-order valence-electron chi connectivity index (χ3n) is 3.05. The monoisotopic (exact) mass is 307 g/mol. The topological polar surface area (TPSA) is 21.3 Å². The van der Waals surface area contributed by atoms with Gasteiger partial charge in [0.15, 0.2) is 0 Å². The number of nitrogens with one attached hydrogen (secondary N) is 1. The minimum atomic E-state index is -0.232. The molecule has 4 heteroatoms. The third kappa shape index (κ3) is 4.36. The standard InChI is InChI=1S/C17H19ClFNO/c1-11(2)21-17-9-8-15(10-16(17)18)20-12(3)13-4-6-14(19)7-5-13/h4-12,20H,1-3H3. The average molecular weight is 308 g/mol. The van der Waals surface area contributed by atoms with Crippen molar-refractivity contribution in [2.24, 2.45) is 0 Å². The lowest BCUT2D eigenvalue weighted by Gasteiger charge is -2.17. The molecule has 0 aliphatic carbocycles. The zero-order valence-electron chi connectivity index (χ0n) is 12.4. The minimum absolute atomic E-state index is 0.0542. The second-order valence-electron chi connectivity index (χ2n) is 5.23. The van der Waals surface area contributed by atoms with Crippen LogP contribution >= 0.6 is 11.6 Å². The largest absolute Gasteiger partial charge is 0.489 e. The Labute approximate surface area is 129 Å². The first-order chi connectivity index (χ1) is 9.95. The van der Waals surface area contributed by atoms with Crippen LogP contribution in [0.5, 0.6) is 5.75 Å². The maximum atomic E-state index is 12.9. The molecule has 21 heavy (non-hydrogen) atoms. The van der Waals surface area contributed by atoms with Crippen LogP contribution in [0.25, 0.3) is 0 Å². The summed E-state index contributed by atoms with van der Waals surface area (Å²) in [6, 6.07) is 12.1. The molecule has 0 bridgehead atoms. The summed E-state index contributed by atoms with van der Waals surface area (Å²) in [5, 5.41) is 3.91. The maximum absolute atomic E-state index is 12.9. The van der Waals surface area contributed by atoms with E-state index in [-0.39, 0.29) is 18.0 Å². The van der Waals surface area contributed by atoms with Crippen molar-refractivity contribution in [1.82, 2.24) is 0 Å². The SMILES string of the molecule is CC(C)Oc1ccc(NC(C)c2ccc(F)cc2)cc1Cl. The molecule has 2 aromatic carbocycles. The van der Waals surface area contributed by atoms with Crippen LogP contribution in [-0.2, 0) is 0 Å². The van der Waals surface area contributed by atoms with E-state index in [1.165, 1.54) is 12.1 Å². The lowest BCUT2D eigenvalue weighted by atomic mass is 10.1. The second kappa shape index (κ2) is 6.81. The van der Waals surface area contributed by atoms with E-state index >= 15 is 0 Å². The molecule has 0 amide bonds. The Morgan fingerprint density at radius 1 is 1.05 bits per heavy atom. The van der Waals surface area contributed by atoms with Gasteiger partial charge in [-0.05, 0) is 56.7 Å². The molecule has 0 saturated heterocycles.